The third kappa shape index (κ3) is 7.31. The Morgan fingerprint density at radius 2 is 1.24 bits per heavy atom. The maximum absolute atomic E-state index is 12.6. The highest BCUT2D eigenvalue weighted by atomic mass is 16.6. The van der Waals surface area contributed by atoms with Gasteiger partial charge in [-0.2, -0.15) is 0 Å². The summed E-state index contributed by atoms with van der Waals surface area (Å²) >= 11 is 0. The Kier molecular flexibility index (Phi) is 10.4. The molecule has 34 heavy (non-hydrogen) atoms. The van der Waals surface area contributed by atoms with Crippen LogP contribution < -0.4 is 9.64 Å². The largest absolute Gasteiger partial charge is 0.490 e. The molecule has 0 aliphatic heterocycles. The first kappa shape index (κ1) is 25.2. The molecule has 0 radical (unpaired) electrons. The zero-order valence-electron chi connectivity index (χ0n) is 19.6. The predicted molar refractivity (Wildman–Crippen MR) is 131 cm³/mol. The van der Waals surface area contributed by atoms with Gasteiger partial charge < -0.3 is 28.6 Å². The first-order valence-electron chi connectivity index (χ1n) is 11.1. The molecule has 0 saturated carbocycles. The number of anilines is 3. The van der Waals surface area contributed by atoms with Crippen LogP contribution in [-0.2, 0) is 18.9 Å². The van der Waals surface area contributed by atoms with Gasteiger partial charge in [0, 0.05) is 24.2 Å². The number of carbonyl (C=O) groups is 1. The van der Waals surface area contributed by atoms with E-state index < -0.39 is 5.97 Å². The number of methoxy groups -OCH3 is 2. The van der Waals surface area contributed by atoms with E-state index in [4.69, 9.17) is 23.7 Å². The topological polar surface area (TPSA) is 66.5 Å². The molecule has 0 spiro atoms. The molecule has 0 saturated heterocycles. The maximum atomic E-state index is 12.6. The van der Waals surface area contributed by atoms with Gasteiger partial charge in [0.05, 0.1) is 40.1 Å². The van der Waals surface area contributed by atoms with Crippen molar-refractivity contribution >= 4 is 23.0 Å². The van der Waals surface area contributed by atoms with Gasteiger partial charge in [0.2, 0.25) is 0 Å². The van der Waals surface area contributed by atoms with Gasteiger partial charge in [0.1, 0.15) is 17.9 Å². The van der Waals surface area contributed by atoms with E-state index >= 15 is 0 Å². The fourth-order valence-corrected chi connectivity index (χ4v) is 3.33. The molecule has 0 aliphatic carbocycles. The van der Waals surface area contributed by atoms with Gasteiger partial charge in [-0.1, -0.05) is 36.4 Å². The van der Waals surface area contributed by atoms with Gasteiger partial charge in [0.25, 0.3) is 0 Å². The minimum Gasteiger partial charge on any atom is -0.490 e. The summed E-state index contributed by atoms with van der Waals surface area (Å²) in [5.41, 5.74) is 3.10. The van der Waals surface area contributed by atoms with Crippen LogP contribution in [0.5, 0.6) is 5.75 Å². The molecular weight excluding hydrogens is 434 g/mol. The Morgan fingerprint density at radius 3 is 1.79 bits per heavy atom. The monoisotopic (exact) mass is 465 g/mol. The van der Waals surface area contributed by atoms with Crippen LogP contribution in [-0.4, -0.2) is 59.8 Å². The molecular formula is C27H31NO6. The molecule has 3 rings (SSSR count). The molecule has 7 heteroatoms. The molecule has 0 unspecified atom stereocenters. The number of rotatable bonds is 14. The van der Waals surface area contributed by atoms with E-state index in [1.165, 1.54) is 7.11 Å². The SMILES string of the molecule is COCCOCCOCCOc1ccc(N(c2ccccc2)c2ccccc2)cc1C(=O)OC. The Morgan fingerprint density at radius 1 is 0.676 bits per heavy atom. The van der Waals surface area contributed by atoms with Crippen LogP contribution in [0.3, 0.4) is 0 Å². The highest BCUT2D eigenvalue weighted by Gasteiger charge is 2.19. The second-order valence-electron chi connectivity index (χ2n) is 7.24. The van der Waals surface area contributed by atoms with E-state index in [0.717, 1.165) is 17.1 Å². The van der Waals surface area contributed by atoms with Crippen LogP contribution >= 0.6 is 0 Å². The van der Waals surface area contributed by atoms with Crippen LogP contribution in [0.25, 0.3) is 0 Å². The number of hydrogen-bond donors (Lipinski definition) is 0. The summed E-state index contributed by atoms with van der Waals surface area (Å²) in [6.07, 6.45) is 0. The summed E-state index contributed by atoms with van der Waals surface area (Å²) in [6.45, 7) is 2.70. The Labute approximate surface area is 200 Å². The maximum Gasteiger partial charge on any atom is 0.341 e. The molecule has 0 N–H and O–H groups in total. The Balaban J connectivity index is 1.72. The molecule has 0 bridgehead atoms. The van der Waals surface area contributed by atoms with E-state index in [-0.39, 0.29) is 0 Å². The van der Waals surface area contributed by atoms with E-state index in [9.17, 15) is 4.79 Å². The second kappa shape index (κ2) is 14.0. The lowest BCUT2D eigenvalue weighted by atomic mass is 10.1. The first-order chi connectivity index (χ1) is 16.7. The lowest BCUT2D eigenvalue weighted by Gasteiger charge is -2.26. The molecule has 0 amide bonds. The zero-order valence-corrected chi connectivity index (χ0v) is 19.6. The predicted octanol–water partition coefficient (Wildman–Crippen LogP) is 5.00. The summed E-state index contributed by atoms with van der Waals surface area (Å²) in [5, 5.41) is 0. The van der Waals surface area contributed by atoms with Gasteiger partial charge >= 0.3 is 5.97 Å². The smallest absolute Gasteiger partial charge is 0.341 e. The number of nitrogens with zero attached hydrogens (tertiary/aromatic N) is 1. The fraction of sp³-hybridized carbons (Fsp3) is 0.296. The minimum atomic E-state index is -0.467. The summed E-state index contributed by atoms with van der Waals surface area (Å²) < 4.78 is 26.7. The van der Waals surface area contributed by atoms with Crippen molar-refractivity contribution in [1.82, 2.24) is 0 Å². The van der Waals surface area contributed by atoms with Crippen molar-refractivity contribution in [3.63, 3.8) is 0 Å². The summed E-state index contributed by atoms with van der Waals surface area (Å²) in [4.78, 5) is 14.6. The normalized spacial score (nSPS) is 10.6. The molecule has 0 fully saturated rings. The van der Waals surface area contributed by atoms with Crippen LogP contribution in [0, 0.1) is 0 Å². The van der Waals surface area contributed by atoms with Crippen LogP contribution in [0.2, 0.25) is 0 Å². The number of hydrogen-bond acceptors (Lipinski definition) is 7. The van der Waals surface area contributed by atoms with E-state index in [0.29, 0.717) is 51.0 Å². The summed E-state index contributed by atoms with van der Waals surface area (Å²) in [6, 6.07) is 25.4. The zero-order chi connectivity index (χ0) is 24.0. The highest BCUT2D eigenvalue weighted by molar-refractivity contribution is 5.94. The Bertz CT molecular complexity index is 957. The van der Waals surface area contributed by atoms with Crippen molar-refractivity contribution in [2.45, 2.75) is 0 Å². The number of esters is 1. The number of ether oxygens (including phenoxy) is 5. The van der Waals surface area contributed by atoms with Crippen molar-refractivity contribution in [1.29, 1.82) is 0 Å². The van der Waals surface area contributed by atoms with Crippen molar-refractivity contribution in [2.75, 3.05) is 58.8 Å². The minimum absolute atomic E-state index is 0.294. The molecule has 0 atom stereocenters. The van der Waals surface area contributed by atoms with Crippen molar-refractivity contribution < 1.29 is 28.5 Å². The number of carbonyl (C=O) groups excluding carboxylic acids is 1. The van der Waals surface area contributed by atoms with E-state index in [2.05, 4.69) is 4.90 Å². The lowest BCUT2D eigenvalue weighted by molar-refractivity contribution is 0.0178. The molecule has 0 aromatic heterocycles. The molecule has 180 valence electrons. The lowest BCUT2D eigenvalue weighted by Crippen LogP contribution is -2.15. The first-order valence-corrected chi connectivity index (χ1v) is 11.1. The van der Waals surface area contributed by atoms with Gasteiger partial charge in [0.15, 0.2) is 0 Å². The van der Waals surface area contributed by atoms with E-state index in [1.807, 2.05) is 66.7 Å². The van der Waals surface area contributed by atoms with Gasteiger partial charge in [-0.05, 0) is 42.5 Å². The van der Waals surface area contributed by atoms with Crippen LogP contribution in [0.1, 0.15) is 10.4 Å². The van der Waals surface area contributed by atoms with Crippen LogP contribution in [0.15, 0.2) is 78.9 Å². The third-order valence-electron chi connectivity index (χ3n) is 4.94. The molecule has 3 aromatic rings. The number of para-hydroxylation sites is 2. The van der Waals surface area contributed by atoms with Crippen LogP contribution in [0.4, 0.5) is 17.1 Å². The summed E-state index contributed by atoms with van der Waals surface area (Å²) in [5.74, 6) is -0.0259. The molecule has 0 heterocycles. The quantitative estimate of drug-likeness (QED) is 0.245. The standard InChI is InChI=1S/C27H31NO6/c1-30-15-16-32-17-18-33-19-20-34-26-14-13-24(21-25(26)27(29)31-2)28(22-9-5-3-6-10-22)23-11-7-4-8-12-23/h3-14,21H,15-20H2,1-2H3. The van der Waals surface area contributed by atoms with E-state index in [1.54, 1.807) is 19.2 Å². The van der Waals surface area contributed by atoms with Gasteiger partial charge in [-0.3, -0.25) is 0 Å². The van der Waals surface area contributed by atoms with Crippen molar-refractivity contribution in [3.05, 3.63) is 84.4 Å². The average Bonchev–Trinajstić information content (AvgIpc) is 2.89. The average molecular weight is 466 g/mol. The third-order valence-corrected chi connectivity index (χ3v) is 4.94. The Hall–Kier alpha value is -3.39. The molecule has 0 aliphatic rings. The number of benzene rings is 3. The van der Waals surface area contributed by atoms with Gasteiger partial charge in [-0.15, -0.1) is 0 Å². The highest BCUT2D eigenvalue weighted by Crippen LogP contribution is 2.36. The fourth-order valence-electron chi connectivity index (χ4n) is 3.33. The molecule has 7 nitrogen and oxygen atoms in total. The van der Waals surface area contributed by atoms with Crippen molar-refractivity contribution in [2.24, 2.45) is 0 Å². The second-order valence-corrected chi connectivity index (χ2v) is 7.24. The van der Waals surface area contributed by atoms with Gasteiger partial charge in [-0.25, -0.2) is 4.79 Å². The van der Waals surface area contributed by atoms with Crippen molar-refractivity contribution in [3.8, 4) is 5.75 Å². The summed E-state index contributed by atoms with van der Waals surface area (Å²) in [7, 11) is 2.99. The molecule has 3 aromatic carbocycles.